The Bertz CT molecular complexity index is 964. The number of morpholine rings is 1. The molecule has 0 aliphatic carbocycles. The smallest absolute Gasteiger partial charge is 0.354 e. The molecule has 0 unspecified atom stereocenters. The van der Waals surface area contributed by atoms with Gasteiger partial charge in [0.1, 0.15) is 6.61 Å². The Morgan fingerprint density at radius 3 is 2.36 bits per heavy atom. The molecule has 0 radical (unpaired) electrons. The molecule has 10 nitrogen and oxygen atoms in total. The van der Waals surface area contributed by atoms with E-state index in [0.717, 1.165) is 0 Å². The molecule has 0 N–H and O–H groups in total. The van der Waals surface area contributed by atoms with Crippen molar-refractivity contribution < 1.29 is 28.8 Å². The summed E-state index contributed by atoms with van der Waals surface area (Å²) < 4.78 is 6.93. The van der Waals surface area contributed by atoms with E-state index < -0.39 is 29.9 Å². The monoisotopic (exact) mass is 384 g/mol. The predicted molar refractivity (Wildman–Crippen MR) is 91.5 cm³/mol. The van der Waals surface area contributed by atoms with E-state index in [1.807, 2.05) is 0 Å². The number of benzene rings is 1. The summed E-state index contributed by atoms with van der Waals surface area (Å²) in [5, 5.41) is 4.48. The highest BCUT2D eigenvalue weighted by Gasteiger charge is 2.45. The lowest BCUT2D eigenvalue weighted by Gasteiger charge is -2.37. The van der Waals surface area contributed by atoms with Gasteiger partial charge in [-0.05, 0) is 12.1 Å². The summed E-state index contributed by atoms with van der Waals surface area (Å²) in [4.78, 5) is 56.1. The van der Waals surface area contributed by atoms with E-state index in [0.29, 0.717) is 10.6 Å². The SMILES string of the molecule is CN1C(=O)CO[C@@H](C(=O)ON2C(=O)c3ccccc3C2=O)[C@H]1c1cnn(C)c1. The average Bonchev–Trinajstić information content (AvgIpc) is 3.21. The first-order valence-electron chi connectivity index (χ1n) is 8.44. The van der Waals surface area contributed by atoms with Crippen LogP contribution in [0.1, 0.15) is 32.3 Å². The van der Waals surface area contributed by atoms with Crippen molar-refractivity contribution in [2.45, 2.75) is 12.1 Å². The van der Waals surface area contributed by atoms with Crippen molar-refractivity contribution in [2.75, 3.05) is 13.7 Å². The minimum Gasteiger partial charge on any atom is -0.354 e. The van der Waals surface area contributed by atoms with Gasteiger partial charge in [0.25, 0.3) is 11.8 Å². The second kappa shape index (κ2) is 6.57. The largest absolute Gasteiger partial charge is 0.364 e. The molecule has 10 heteroatoms. The van der Waals surface area contributed by atoms with E-state index >= 15 is 0 Å². The van der Waals surface area contributed by atoms with E-state index in [1.165, 1.54) is 35.0 Å². The number of hydrogen-bond acceptors (Lipinski definition) is 7. The van der Waals surface area contributed by atoms with Crippen LogP contribution in [0.5, 0.6) is 0 Å². The Kier molecular flexibility index (Phi) is 4.19. The molecule has 4 rings (SSSR count). The maximum Gasteiger partial charge on any atom is 0.364 e. The Labute approximate surface area is 159 Å². The van der Waals surface area contributed by atoms with Crippen molar-refractivity contribution in [3.63, 3.8) is 0 Å². The van der Waals surface area contributed by atoms with Crippen LogP contribution in [-0.4, -0.2) is 63.2 Å². The van der Waals surface area contributed by atoms with Gasteiger partial charge in [-0.3, -0.25) is 19.1 Å². The number of aromatic nitrogens is 2. The molecule has 3 amide bonds. The van der Waals surface area contributed by atoms with Gasteiger partial charge < -0.3 is 14.5 Å². The summed E-state index contributed by atoms with van der Waals surface area (Å²) in [6.07, 6.45) is 1.92. The zero-order chi connectivity index (χ0) is 20.0. The summed E-state index contributed by atoms with van der Waals surface area (Å²) in [5.41, 5.74) is 0.865. The number of amides is 3. The second-order valence-corrected chi connectivity index (χ2v) is 6.49. The molecule has 3 heterocycles. The number of carbonyl (C=O) groups excluding carboxylic acids is 4. The number of ether oxygens (including phenoxy) is 1. The van der Waals surface area contributed by atoms with Gasteiger partial charge in [0.15, 0.2) is 6.10 Å². The summed E-state index contributed by atoms with van der Waals surface area (Å²) in [5.74, 6) is -2.74. The van der Waals surface area contributed by atoms with Gasteiger partial charge in [-0.15, -0.1) is 0 Å². The van der Waals surface area contributed by atoms with Crippen molar-refractivity contribution in [1.29, 1.82) is 0 Å². The number of fused-ring (bicyclic) bond motifs is 1. The Morgan fingerprint density at radius 2 is 1.79 bits per heavy atom. The quantitative estimate of drug-likeness (QED) is 0.689. The van der Waals surface area contributed by atoms with Gasteiger partial charge in [0.05, 0.1) is 23.4 Å². The third-order valence-corrected chi connectivity index (χ3v) is 4.72. The summed E-state index contributed by atoms with van der Waals surface area (Å²) in [7, 11) is 3.23. The molecule has 2 aliphatic heterocycles. The van der Waals surface area contributed by atoms with E-state index in [1.54, 1.807) is 25.4 Å². The number of rotatable bonds is 3. The van der Waals surface area contributed by atoms with E-state index in [-0.39, 0.29) is 23.6 Å². The molecule has 1 fully saturated rings. The van der Waals surface area contributed by atoms with Crippen LogP contribution in [0.3, 0.4) is 0 Å². The number of hydrogen-bond donors (Lipinski definition) is 0. The lowest BCUT2D eigenvalue weighted by Crippen LogP contribution is -2.51. The Morgan fingerprint density at radius 1 is 1.14 bits per heavy atom. The van der Waals surface area contributed by atoms with Crippen LogP contribution in [0.4, 0.5) is 0 Å². The molecule has 144 valence electrons. The number of imide groups is 1. The zero-order valence-electron chi connectivity index (χ0n) is 15.1. The van der Waals surface area contributed by atoms with Crippen molar-refractivity contribution in [3.8, 4) is 0 Å². The lowest BCUT2D eigenvalue weighted by molar-refractivity contribution is -0.193. The zero-order valence-corrected chi connectivity index (χ0v) is 15.1. The van der Waals surface area contributed by atoms with Crippen molar-refractivity contribution in [3.05, 3.63) is 53.3 Å². The first-order valence-corrected chi connectivity index (χ1v) is 8.44. The molecule has 28 heavy (non-hydrogen) atoms. The fraction of sp³-hybridized carbons (Fsp3) is 0.278. The maximum absolute atomic E-state index is 12.8. The highest BCUT2D eigenvalue weighted by Crippen LogP contribution is 2.31. The molecule has 1 aromatic carbocycles. The average molecular weight is 384 g/mol. The van der Waals surface area contributed by atoms with E-state index in [4.69, 9.17) is 9.57 Å². The van der Waals surface area contributed by atoms with Gasteiger partial charge in [-0.1, -0.05) is 17.2 Å². The minimum atomic E-state index is -1.23. The van der Waals surface area contributed by atoms with Gasteiger partial charge in [-0.2, -0.15) is 5.10 Å². The number of nitrogens with zero attached hydrogens (tertiary/aromatic N) is 4. The number of hydroxylamine groups is 2. The van der Waals surface area contributed by atoms with Gasteiger partial charge in [0.2, 0.25) is 5.91 Å². The van der Waals surface area contributed by atoms with Gasteiger partial charge in [-0.25, -0.2) is 4.79 Å². The third-order valence-electron chi connectivity index (χ3n) is 4.72. The Hall–Kier alpha value is -3.53. The normalized spacial score (nSPS) is 21.9. The van der Waals surface area contributed by atoms with Crippen LogP contribution in [-0.2, 0) is 26.2 Å². The molecule has 2 aromatic rings. The fourth-order valence-electron chi connectivity index (χ4n) is 3.29. The predicted octanol–water partition coefficient (Wildman–Crippen LogP) is 0.0728. The van der Waals surface area contributed by atoms with Crippen molar-refractivity contribution >= 4 is 23.7 Å². The third kappa shape index (κ3) is 2.74. The van der Waals surface area contributed by atoms with Crippen molar-refractivity contribution in [2.24, 2.45) is 7.05 Å². The lowest BCUT2D eigenvalue weighted by atomic mass is 10.0. The molecule has 2 atom stereocenters. The molecule has 0 spiro atoms. The van der Waals surface area contributed by atoms with Crippen LogP contribution >= 0.6 is 0 Å². The van der Waals surface area contributed by atoms with Crippen LogP contribution in [0.15, 0.2) is 36.7 Å². The molecular formula is C18H16N4O6. The maximum atomic E-state index is 12.8. The molecule has 1 aromatic heterocycles. The molecule has 1 saturated heterocycles. The van der Waals surface area contributed by atoms with Crippen molar-refractivity contribution in [1.82, 2.24) is 19.7 Å². The van der Waals surface area contributed by atoms with Crippen LogP contribution in [0.2, 0.25) is 0 Å². The number of likely N-dealkylation sites (N-methyl/N-ethyl adjacent to an activating group) is 1. The summed E-state index contributed by atoms with van der Waals surface area (Å²) in [6, 6.07) is 5.37. The molecular weight excluding hydrogens is 368 g/mol. The summed E-state index contributed by atoms with van der Waals surface area (Å²) in [6.45, 7) is -0.324. The van der Waals surface area contributed by atoms with E-state index in [2.05, 4.69) is 5.10 Å². The second-order valence-electron chi connectivity index (χ2n) is 6.49. The summed E-state index contributed by atoms with van der Waals surface area (Å²) >= 11 is 0. The van der Waals surface area contributed by atoms with E-state index in [9.17, 15) is 19.2 Å². The van der Waals surface area contributed by atoms with Crippen LogP contribution < -0.4 is 0 Å². The Balaban J connectivity index is 1.59. The number of aryl methyl sites for hydroxylation is 1. The molecule has 0 bridgehead atoms. The first kappa shape index (κ1) is 17.9. The molecule has 0 saturated carbocycles. The van der Waals surface area contributed by atoms with Crippen LogP contribution in [0, 0.1) is 0 Å². The highest BCUT2D eigenvalue weighted by molar-refractivity contribution is 6.20. The van der Waals surface area contributed by atoms with Gasteiger partial charge in [0, 0.05) is 25.9 Å². The highest BCUT2D eigenvalue weighted by atomic mass is 16.7. The first-order chi connectivity index (χ1) is 13.4. The molecule has 2 aliphatic rings. The standard InChI is InChI=1S/C18H16N4O6/c1-20-8-10(7-19-20)14-15(27-9-13(23)21(14)2)18(26)28-22-16(24)11-5-3-4-6-12(11)17(22)25/h3-8,14-15H,9H2,1-2H3/t14-,15-/m1/s1. The minimum absolute atomic E-state index is 0.154. The van der Waals surface area contributed by atoms with Crippen LogP contribution in [0.25, 0.3) is 0 Å². The number of carbonyl (C=O) groups is 4. The van der Waals surface area contributed by atoms with Gasteiger partial charge >= 0.3 is 5.97 Å². The fourth-order valence-corrected chi connectivity index (χ4v) is 3.29. The topological polar surface area (TPSA) is 111 Å².